The van der Waals surface area contributed by atoms with Crippen LogP contribution < -0.4 is 20.7 Å². The Morgan fingerprint density at radius 2 is 2.02 bits per heavy atom. The number of nitriles is 1. The normalized spacial score (nSPS) is 22.2. The number of nitrogens with one attached hydrogen (secondary N) is 1. The maximum absolute atomic E-state index is 16.9. The molecule has 2 aliphatic rings. The number of anilines is 2. The molecule has 0 unspecified atom stereocenters. The molecule has 2 aliphatic heterocycles. The van der Waals surface area contributed by atoms with Crippen molar-refractivity contribution >= 4 is 43.1 Å². The van der Waals surface area contributed by atoms with Crippen LogP contribution in [0.1, 0.15) is 30.9 Å². The van der Waals surface area contributed by atoms with Gasteiger partial charge in [0.15, 0.2) is 5.82 Å². The van der Waals surface area contributed by atoms with Gasteiger partial charge in [-0.2, -0.15) is 28.4 Å². The van der Waals surface area contributed by atoms with Gasteiger partial charge >= 0.3 is 12.2 Å². The van der Waals surface area contributed by atoms with E-state index in [4.69, 9.17) is 15.2 Å². The number of nitrogen functional groups attached to an aromatic ring is 1. The first-order chi connectivity index (χ1) is 21.8. The Labute approximate surface area is 265 Å². The molecule has 0 amide bonds. The van der Waals surface area contributed by atoms with Gasteiger partial charge in [0.25, 0.3) is 0 Å². The van der Waals surface area contributed by atoms with Crippen molar-refractivity contribution in [3.05, 3.63) is 41.0 Å². The van der Waals surface area contributed by atoms with Crippen LogP contribution in [0.2, 0.25) is 0 Å². The molecule has 0 radical (unpaired) electrons. The highest BCUT2D eigenvalue weighted by molar-refractivity contribution is 7.23. The molecule has 4 heterocycles. The number of ether oxygens (including phenoxy) is 2. The first-order valence-electron chi connectivity index (χ1n) is 14.7. The monoisotopic (exact) mass is 661 g/mol. The Balaban J connectivity index is 1.59. The van der Waals surface area contributed by atoms with Crippen molar-refractivity contribution in [2.45, 2.75) is 50.2 Å². The zero-order valence-electron chi connectivity index (χ0n) is 25.5. The van der Waals surface area contributed by atoms with Crippen molar-refractivity contribution in [3.63, 3.8) is 0 Å². The molecular weight excluding hydrogens is 629 g/mol. The Bertz CT molecular complexity index is 1860. The fourth-order valence-corrected chi connectivity index (χ4v) is 7.57. The molecule has 2 aromatic carbocycles. The summed E-state index contributed by atoms with van der Waals surface area (Å²) in [6, 6.07) is 4.19. The molecule has 4 aromatic rings. The minimum Gasteiger partial charge on any atom is -0.462 e. The number of fused-ring (bicyclic) bond motifs is 2. The van der Waals surface area contributed by atoms with E-state index in [1.54, 1.807) is 19.1 Å². The van der Waals surface area contributed by atoms with Crippen LogP contribution in [0.25, 0.3) is 32.1 Å². The molecule has 15 heteroatoms. The molecule has 6 rings (SSSR count). The third-order valence-electron chi connectivity index (χ3n) is 9.10. The fourth-order valence-electron chi connectivity index (χ4n) is 6.62. The molecule has 3 N–H and O–H groups in total. The topological polar surface area (TPSA) is 113 Å². The lowest BCUT2D eigenvalue weighted by molar-refractivity contribution is -0.137. The lowest BCUT2D eigenvalue weighted by Gasteiger charge is -2.30. The second-order valence-electron chi connectivity index (χ2n) is 11.8. The van der Waals surface area contributed by atoms with E-state index >= 15 is 4.39 Å². The third-order valence-corrected chi connectivity index (χ3v) is 10.1. The largest absolute Gasteiger partial charge is 0.462 e. The van der Waals surface area contributed by atoms with Crippen molar-refractivity contribution in [3.8, 4) is 23.2 Å². The molecule has 0 aliphatic carbocycles. The maximum Gasteiger partial charge on any atom is 0.417 e. The summed E-state index contributed by atoms with van der Waals surface area (Å²) in [6.07, 6.45) is -3.68. The quantitative estimate of drug-likeness (QED) is 0.247. The van der Waals surface area contributed by atoms with Crippen molar-refractivity contribution < 1.29 is 31.4 Å². The molecule has 0 spiro atoms. The van der Waals surface area contributed by atoms with E-state index in [0.717, 1.165) is 18.2 Å². The molecule has 2 aromatic heterocycles. The van der Waals surface area contributed by atoms with Crippen LogP contribution in [0, 0.1) is 23.0 Å². The minimum absolute atomic E-state index is 0.00644. The van der Waals surface area contributed by atoms with Gasteiger partial charge in [-0.3, -0.25) is 4.90 Å². The van der Waals surface area contributed by atoms with E-state index < -0.39 is 34.5 Å². The number of hydrogen-bond acceptors (Lipinski definition) is 10. The Hall–Kier alpha value is -3.84. The number of benzene rings is 2. The number of likely N-dealkylation sites (N-methyl/N-ethyl adjacent to an activating group) is 2. The van der Waals surface area contributed by atoms with Crippen LogP contribution >= 0.6 is 11.3 Å². The molecular formula is C31H32F5N7O2S. The van der Waals surface area contributed by atoms with Gasteiger partial charge in [-0.25, -0.2) is 8.78 Å². The van der Waals surface area contributed by atoms with E-state index in [1.165, 1.54) is 0 Å². The van der Waals surface area contributed by atoms with Gasteiger partial charge in [-0.1, -0.05) is 6.07 Å². The second-order valence-corrected chi connectivity index (χ2v) is 12.8. The van der Waals surface area contributed by atoms with E-state index in [-0.39, 0.29) is 74.3 Å². The van der Waals surface area contributed by atoms with E-state index in [0.29, 0.717) is 37.3 Å². The summed E-state index contributed by atoms with van der Waals surface area (Å²) < 4.78 is 87.6. The number of alkyl halides is 3. The number of halogens is 5. The SMILES string of the molecule is CO[C@@H]1C[C@@H](COc2nc(N(C)[C@@H]3CCN[C@@H]3C)c3cc(C(F)(F)F)c(-c4ccc(F)c5sc(N)c(C#N)c45)c(F)c3n2)N(C)C1. The number of nitrogens with zero attached hydrogens (tertiary/aromatic N) is 5. The Morgan fingerprint density at radius 1 is 1.26 bits per heavy atom. The first kappa shape index (κ1) is 32.1. The molecule has 46 heavy (non-hydrogen) atoms. The van der Waals surface area contributed by atoms with Crippen molar-refractivity contribution in [2.75, 3.05) is 51.5 Å². The van der Waals surface area contributed by atoms with Crippen molar-refractivity contribution in [2.24, 2.45) is 0 Å². The van der Waals surface area contributed by atoms with Gasteiger partial charge in [-0.05, 0) is 51.1 Å². The van der Waals surface area contributed by atoms with Gasteiger partial charge < -0.3 is 25.4 Å². The summed E-state index contributed by atoms with van der Waals surface area (Å²) >= 11 is 0.711. The summed E-state index contributed by atoms with van der Waals surface area (Å²) in [6.45, 7) is 3.47. The van der Waals surface area contributed by atoms with Crippen molar-refractivity contribution in [1.82, 2.24) is 20.2 Å². The van der Waals surface area contributed by atoms with Crippen LogP contribution in [0.3, 0.4) is 0 Å². The van der Waals surface area contributed by atoms with Crippen LogP contribution in [0.15, 0.2) is 18.2 Å². The molecule has 2 saturated heterocycles. The third kappa shape index (κ3) is 5.46. The van der Waals surface area contributed by atoms with E-state index in [1.807, 2.05) is 20.0 Å². The Morgan fingerprint density at radius 3 is 2.65 bits per heavy atom. The average molecular weight is 662 g/mol. The number of thiophene rings is 1. The highest BCUT2D eigenvalue weighted by Crippen LogP contribution is 2.48. The molecule has 0 saturated carbocycles. The van der Waals surface area contributed by atoms with Gasteiger partial charge in [0.1, 0.15) is 34.8 Å². The summed E-state index contributed by atoms with van der Waals surface area (Å²) in [5, 5.41) is 12.6. The lowest BCUT2D eigenvalue weighted by Crippen LogP contribution is -2.40. The Kier molecular flexibility index (Phi) is 8.43. The van der Waals surface area contributed by atoms with Crippen LogP contribution in [0.4, 0.5) is 32.8 Å². The predicted octanol–water partition coefficient (Wildman–Crippen LogP) is 5.55. The first-order valence-corrected chi connectivity index (χ1v) is 15.5. The predicted molar refractivity (Wildman–Crippen MR) is 166 cm³/mol. The summed E-state index contributed by atoms with van der Waals surface area (Å²) in [4.78, 5) is 12.6. The van der Waals surface area contributed by atoms with E-state index in [9.17, 15) is 22.8 Å². The van der Waals surface area contributed by atoms with Gasteiger partial charge in [0, 0.05) is 55.2 Å². The smallest absolute Gasteiger partial charge is 0.417 e. The van der Waals surface area contributed by atoms with Crippen molar-refractivity contribution in [1.29, 1.82) is 5.26 Å². The lowest BCUT2D eigenvalue weighted by atomic mass is 9.92. The fraction of sp³-hybridized carbons (Fsp3) is 0.452. The minimum atomic E-state index is -5.04. The average Bonchev–Trinajstić information content (AvgIpc) is 3.71. The standard InChI is InChI=1S/C31H32F5N7O2S/c1-14-22(7-8-39-14)43(3)29-18-10-20(31(34,35)36)24(17-5-6-21(32)27-23(17)19(11-37)28(38)46-27)25(33)26(18)40-30(41-29)45-13-15-9-16(44-4)12-42(15)2/h5-6,10,14-16,22,39H,7-9,12-13,38H2,1-4H3/t14-,15+,16-,22-/m1/s1. The molecule has 244 valence electrons. The number of rotatable bonds is 7. The number of nitrogens with two attached hydrogens (primary N) is 1. The number of methoxy groups -OCH3 is 1. The highest BCUT2D eigenvalue weighted by Gasteiger charge is 2.39. The van der Waals surface area contributed by atoms with Crippen LogP contribution in [0.5, 0.6) is 6.01 Å². The van der Waals surface area contributed by atoms with Gasteiger partial charge in [-0.15, -0.1) is 11.3 Å². The summed E-state index contributed by atoms with van der Waals surface area (Å²) in [5.41, 5.74) is 2.80. The second kappa shape index (κ2) is 12.1. The molecule has 9 nitrogen and oxygen atoms in total. The van der Waals surface area contributed by atoms with Crippen LogP contribution in [-0.4, -0.2) is 80.0 Å². The zero-order chi connectivity index (χ0) is 33.1. The van der Waals surface area contributed by atoms with Gasteiger partial charge in [0.2, 0.25) is 0 Å². The maximum atomic E-state index is 16.9. The summed E-state index contributed by atoms with van der Waals surface area (Å²) in [7, 11) is 5.25. The molecule has 4 atom stereocenters. The zero-order valence-corrected chi connectivity index (χ0v) is 26.3. The van der Waals surface area contributed by atoms with Gasteiger partial charge in [0.05, 0.1) is 21.9 Å². The van der Waals surface area contributed by atoms with E-state index in [2.05, 4.69) is 20.2 Å². The molecule has 0 bridgehead atoms. The number of aromatic nitrogens is 2. The number of hydrogen-bond donors (Lipinski definition) is 2. The molecule has 2 fully saturated rings. The van der Waals surface area contributed by atoms with Crippen LogP contribution in [-0.2, 0) is 10.9 Å². The highest BCUT2D eigenvalue weighted by atomic mass is 32.1. The summed E-state index contributed by atoms with van der Waals surface area (Å²) in [5.74, 6) is -2.02. The number of likely N-dealkylation sites (tertiary alicyclic amines) is 1.